The quantitative estimate of drug-likeness (QED) is 0.870. The van der Waals surface area contributed by atoms with Gasteiger partial charge in [0.2, 0.25) is 5.91 Å². The number of hydrogen-bond donors (Lipinski definition) is 1. The molecule has 1 aromatic carbocycles. The molecule has 22 heavy (non-hydrogen) atoms. The fourth-order valence-corrected chi connectivity index (χ4v) is 3.55. The number of likely N-dealkylation sites (tertiary alicyclic amines) is 1. The van der Waals surface area contributed by atoms with Gasteiger partial charge in [-0.2, -0.15) is 0 Å². The number of likely N-dealkylation sites (N-methyl/N-ethyl adjacent to an activating group) is 1. The highest BCUT2D eigenvalue weighted by molar-refractivity contribution is 5.97. The van der Waals surface area contributed by atoms with Crippen LogP contribution in [0.2, 0.25) is 0 Å². The summed E-state index contributed by atoms with van der Waals surface area (Å²) in [5.74, 6) is 0.487. The van der Waals surface area contributed by atoms with Crippen LogP contribution in [0.3, 0.4) is 0 Å². The summed E-state index contributed by atoms with van der Waals surface area (Å²) in [6, 6.07) is 5.26. The normalized spacial score (nSPS) is 26.0. The lowest BCUT2D eigenvalue weighted by Gasteiger charge is -2.33. The lowest BCUT2D eigenvalue weighted by Crippen LogP contribution is -2.52. The van der Waals surface area contributed by atoms with Crippen LogP contribution >= 0.6 is 0 Å². The van der Waals surface area contributed by atoms with Crippen LogP contribution in [-0.2, 0) is 14.9 Å². The summed E-state index contributed by atoms with van der Waals surface area (Å²) in [5, 5.41) is 10.0. The number of fused-ring (bicyclic) bond motifs is 3. The smallest absolute Gasteiger partial charge is 0.415 e. The fourth-order valence-electron chi connectivity index (χ4n) is 3.55. The summed E-state index contributed by atoms with van der Waals surface area (Å²) in [5.41, 5.74) is 0.498. The van der Waals surface area contributed by atoms with Crippen molar-refractivity contribution < 1.29 is 24.2 Å². The van der Waals surface area contributed by atoms with Crippen molar-refractivity contribution in [1.29, 1.82) is 0 Å². The van der Waals surface area contributed by atoms with Gasteiger partial charge in [-0.25, -0.2) is 4.79 Å². The van der Waals surface area contributed by atoms with E-state index in [1.807, 2.05) is 0 Å². The third kappa shape index (κ3) is 1.65. The number of amides is 2. The van der Waals surface area contributed by atoms with Crippen molar-refractivity contribution in [2.75, 3.05) is 32.8 Å². The predicted molar refractivity (Wildman–Crippen MR) is 77.8 cm³/mol. The van der Waals surface area contributed by atoms with E-state index in [0.717, 1.165) is 5.56 Å². The van der Waals surface area contributed by atoms with Gasteiger partial charge in [0, 0.05) is 13.5 Å². The molecule has 2 aliphatic heterocycles. The van der Waals surface area contributed by atoms with E-state index in [9.17, 15) is 14.7 Å². The van der Waals surface area contributed by atoms with Crippen molar-refractivity contribution in [2.45, 2.75) is 18.0 Å². The Hall–Kier alpha value is -2.28. The minimum atomic E-state index is -0.857. The van der Waals surface area contributed by atoms with Gasteiger partial charge < -0.3 is 19.5 Å². The zero-order valence-electron chi connectivity index (χ0n) is 12.7. The van der Waals surface area contributed by atoms with Gasteiger partial charge in [-0.05, 0) is 23.8 Å². The van der Waals surface area contributed by atoms with Crippen LogP contribution in [0, 0.1) is 0 Å². The second kappa shape index (κ2) is 4.88. The molecule has 0 radical (unpaired) electrons. The predicted octanol–water partition coefficient (Wildman–Crippen LogP) is 0.700. The standard InChI is InChI=1S/C15H18N2O5/c1-16-12(19)7-15(8-18)10-6-9(21-2)4-5-11(10)17(13(15)16)14(20)22-3/h4-6,13,18H,7-8H2,1-3H3/t13-,15-/m1/s1. The molecule has 7 heteroatoms. The van der Waals surface area contributed by atoms with Gasteiger partial charge >= 0.3 is 6.09 Å². The van der Waals surface area contributed by atoms with Gasteiger partial charge in [0.15, 0.2) is 0 Å². The number of nitrogens with zero attached hydrogens (tertiary/aromatic N) is 2. The second-order valence-electron chi connectivity index (χ2n) is 5.59. The van der Waals surface area contributed by atoms with E-state index in [1.54, 1.807) is 32.4 Å². The molecule has 0 saturated carbocycles. The van der Waals surface area contributed by atoms with Crippen molar-refractivity contribution in [2.24, 2.45) is 0 Å². The summed E-state index contributed by atoms with van der Waals surface area (Å²) >= 11 is 0. The van der Waals surface area contributed by atoms with Crippen LogP contribution in [0.4, 0.5) is 10.5 Å². The third-order valence-corrected chi connectivity index (χ3v) is 4.62. The topological polar surface area (TPSA) is 79.3 Å². The SMILES string of the molecule is COC(=O)N1c2ccc(OC)cc2[C@]2(CO)CC(=O)N(C)[C@H]12. The molecule has 2 heterocycles. The van der Waals surface area contributed by atoms with Gasteiger partial charge in [-0.15, -0.1) is 0 Å². The van der Waals surface area contributed by atoms with Crippen LogP contribution in [0.5, 0.6) is 5.75 Å². The summed E-state index contributed by atoms with van der Waals surface area (Å²) in [7, 11) is 4.47. The number of aliphatic hydroxyl groups excluding tert-OH is 1. The zero-order valence-corrected chi connectivity index (χ0v) is 12.7. The molecule has 1 aromatic rings. The maximum absolute atomic E-state index is 12.2. The summed E-state index contributed by atoms with van der Waals surface area (Å²) in [4.78, 5) is 27.3. The molecule has 1 saturated heterocycles. The molecule has 118 valence electrons. The number of aliphatic hydroxyl groups is 1. The van der Waals surface area contributed by atoms with Crippen LogP contribution in [-0.4, -0.2) is 56.0 Å². The molecule has 2 atom stereocenters. The molecule has 0 aromatic heterocycles. The number of benzene rings is 1. The highest BCUT2D eigenvalue weighted by Gasteiger charge is 2.61. The Labute approximate surface area is 128 Å². The highest BCUT2D eigenvalue weighted by atomic mass is 16.5. The summed E-state index contributed by atoms with van der Waals surface area (Å²) in [6.07, 6.45) is -1.02. The number of methoxy groups -OCH3 is 2. The first kappa shape index (κ1) is 14.6. The molecule has 0 bridgehead atoms. The van der Waals surface area contributed by atoms with Crippen molar-refractivity contribution in [1.82, 2.24) is 4.90 Å². The van der Waals surface area contributed by atoms with E-state index in [0.29, 0.717) is 11.4 Å². The number of anilines is 1. The Morgan fingerprint density at radius 3 is 2.77 bits per heavy atom. The minimum Gasteiger partial charge on any atom is -0.497 e. The van der Waals surface area contributed by atoms with Gasteiger partial charge in [0.05, 0.1) is 31.9 Å². The Bertz CT molecular complexity index is 647. The molecule has 3 rings (SSSR count). The fraction of sp³-hybridized carbons (Fsp3) is 0.467. The van der Waals surface area contributed by atoms with E-state index in [1.165, 1.54) is 16.9 Å². The lowest BCUT2D eigenvalue weighted by molar-refractivity contribution is -0.127. The molecule has 0 spiro atoms. The first-order valence-electron chi connectivity index (χ1n) is 6.92. The molecule has 2 aliphatic rings. The van der Waals surface area contributed by atoms with E-state index < -0.39 is 17.7 Å². The van der Waals surface area contributed by atoms with Crippen LogP contribution in [0.25, 0.3) is 0 Å². The highest BCUT2D eigenvalue weighted by Crippen LogP contribution is 2.53. The van der Waals surface area contributed by atoms with E-state index in [4.69, 9.17) is 9.47 Å². The number of carbonyl (C=O) groups is 2. The number of carbonyl (C=O) groups excluding carboxylic acids is 2. The minimum absolute atomic E-state index is 0.124. The maximum Gasteiger partial charge on any atom is 0.415 e. The van der Waals surface area contributed by atoms with E-state index in [2.05, 4.69) is 0 Å². The van der Waals surface area contributed by atoms with Crippen LogP contribution in [0.1, 0.15) is 12.0 Å². The second-order valence-corrected chi connectivity index (χ2v) is 5.59. The maximum atomic E-state index is 12.2. The molecule has 1 N–H and O–H groups in total. The molecular formula is C15H18N2O5. The van der Waals surface area contributed by atoms with Crippen molar-refractivity contribution in [3.63, 3.8) is 0 Å². The van der Waals surface area contributed by atoms with Gasteiger partial charge in [0.25, 0.3) is 0 Å². The van der Waals surface area contributed by atoms with Crippen molar-refractivity contribution >= 4 is 17.7 Å². The first-order chi connectivity index (χ1) is 10.5. The molecule has 0 unspecified atom stereocenters. The lowest BCUT2D eigenvalue weighted by atomic mass is 9.80. The Balaban J connectivity index is 2.24. The summed E-state index contributed by atoms with van der Waals surface area (Å²) in [6.45, 7) is -0.249. The van der Waals surface area contributed by atoms with Crippen LogP contribution < -0.4 is 9.64 Å². The first-order valence-corrected chi connectivity index (χ1v) is 6.92. The van der Waals surface area contributed by atoms with Crippen molar-refractivity contribution in [3.05, 3.63) is 23.8 Å². The van der Waals surface area contributed by atoms with Gasteiger partial charge in [-0.3, -0.25) is 9.69 Å². The molecule has 7 nitrogen and oxygen atoms in total. The molecular weight excluding hydrogens is 288 g/mol. The number of rotatable bonds is 2. The average molecular weight is 306 g/mol. The Kier molecular flexibility index (Phi) is 3.25. The molecule has 0 aliphatic carbocycles. The molecule has 2 amide bonds. The van der Waals surface area contributed by atoms with Gasteiger partial charge in [0.1, 0.15) is 11.9 Å². The monoisotopic (exact) mass is 306 g/mol. The molecule has 1 fully saturated rings. The zero-order chi connectivity index (χ0) is 16.1. The number of hydrogen-bond acceptors (Lipinski definition) is 5. The van der Waals surface area contributed by atoms with Crippen molar-refractivity contribution in [3.8, 4) is 5.75 Å². The summed E-state index contributed by atoms with van der Waals surface area (Å²) < 4.78 is 10.1. The Morgan fingerprint density at radius 1 is 1.45 bits per heavy atom. The largest absolute Gasteiger partial charge is 0.497 e. The third-order valence-electron chi connectivity index (χ3n) is 4.62. The number of ether oxygens (including phenoxy) is 2. The van der Waals surface area contributed by atoms with E-state index in [-0.39, 0.29) is 18.9 Å². The Morgan fingerprint density at radius 2 is 2.18 bits per heavy atom. The van der Waals surface area contributed by atoms with E-state index >= 15 is 0 Å². The van der Waals surface area contributed by atoms with Gasteiger partial charge in [-0.1, -0.05) is 0 Å². The van der Waals surface area contributed by atoms with Crippen LogP contribution in [0.15, 0.2) is 18.2 Å². The average Bonchev–Trinajstić information content (AvgIpc) is 2.96.